The van der Waals surface area contributed by atoms with Gasteiger partial charge in [0.1, 0.15) is 0 Å². The minimum Gasteiger partial charge on any atom is -0.320 e. The first kappa shape index (κ1) is 13.6. The lowest BCUT2D eigenvalue weighted by Gasteiger charge is -2.16. The van der Waals surface area contributed by atoms with Gasteiger partial charge in [-0.1, -0.05) is 41.4 Å². The molecular weight excluding hydrogens is 310 g/mol. The molecular formula is C15H15BrClN. The summed E-state index contributed by atoms with van der Waals surface area (Å²) in [5.41, 5.74) is 10.9. The van der Waals surface area contributed by atoms with Gasteiger partial charge in [0, 0.05) is 4.47 Å². The van der Waals surface area contributed by atoms with E-state index in [2.05, 4.69) is 48.0 Å². The summed E-state index contributed by atoms with van der Waals surface area (Å²) >= 11 is 9.50. The van der Waals surface area contributed by atoms with Gasteiger partial charge in [-0.3, -0.25) is 0 Å². The summed E-state index contributed by atoms with van der Waals surface area (Å²) in [5.74, 6) is 0. The van der Waals surface area contributed by atoms with Crippen LogP contribution in [0.5, 0.6) is 0 Å². The third kappa shape index (κ3) is 2.77. The van der Waals surface area contributed by atoms with Gasteiger partial charge in [0.15, 0.2) is 0 Å². The Morgan fingerprint density at radius 3 is 2.50 bits per heavy atom. The van der Waals surface area contributed by atoms with E-state index in [0.29, 0.717) is 5.02 Å². The Kier molecular flexibility index (Phi) is 4.10. The lowest BCUT2D eigenvalue weighted by Crippen LogP contribution is -2.13. The second-order valence-corrected chi connectivity index (χ2v) is 5.77. The van der Waals surface area contributed by atoms with Crippen LogP contribution in [0.1, 0.15) is 28.3 Å². The molecule has 94 valence electrons. The Morgan fingerprint density at radius 1 is 1.11 bits per heavy atom. The minimum absolute atomic E-state index is 0.143. The first-order chi connectivity index (χ1) is 8.49. The van der Waals surface area contributed by atoms with Crippen LogP contribution in [0.15, 0.2) is 40.9 Å². The molecule has 3 heteroatoms. The van der Waals surface area contributed by atoms with Crippen molar-refractivity contribution in [3.05, 3.63) is 68.1 Å². The first-order valence-corrected chi connectivity index (χ1v) is 6.94. The van der Waals surface area contributed by atoms with Crippen LogP contribution in [0.25, 0.3) is 0 Å². The van der Waals surface area contributed by atoms with Crippen molar-refractivity contribution in [2.24, 2.45) is 5.73 Å². The fourth-order valence-electron chi connectivity index (χ4n) is 1.98. The zero-order chi connectivity index (χ0) is 13.3. The standard InChI is InChI=1S/C15H15BrClN/c1-9-3-4-10(2)12(7-9)15(18)11-5-6-13(16)14(17)8-11/h3-8,15H,18H2,1-2H3. The van der Waals surface area contributed by atoms with Crippen LogP contribution in [-0.2, 0) is 0 Å². The van der Waals surface area contributed by atoms with Crippen LogP contribution >= 0.6 is 27.5 Å². The lowest BCUT2D eigenvalue weighted by molar-refractivity contribution is 0.859. The van der Waals surface area contributed by atoms with Gasteiger partial charge >= 0.3 is 0 Å². The molecule has 1 atom stereocenters. The highest BCUT2D eigenvalue weighted by Gasteiger charge is 2.12. The Labute approximate surface area is 121 Å². The topological polar surface area (TPSA) is 26.0 Å². The highest BCUT2D eigenvalue weighted by atomic mass is 79.9. The third-order valence-corrected chi connectivity index (χ3v) is 4.31. The molecule has 0 spiro atoms. The third-order valence-electron chi connectivity index (χ3n) is 3.07. The summed E-state index contributed by atoms with van der Waals surface area (Å²) in [6, 6.07) is 12.0. The van der Waals surface area contributed by atoms with E-state index in [1.54, 1.807) is 0 Å². The van der Waals surface area contributed by atoms with Gasteiger partial charge < -0.3 is 5.73 Å². The Bertz CT molecular complexity index is 581. The Balaban J connectivity index is 2.44. The minimum atomic E-state index is -0.143. The van der Waals surface area contributed by atoms with Gasteiger partial charge in [0.2, 0.25) is 0 Å². The van der Waals surface area contributed by atoms with E-state index in [1.807, 2.05) is 18.2 Å². The molecule has 0 aromatic heterocycles. The number of benzene rings is 2. The largest absolute Gasteiger partial charge is 0.320 e. The van der Waals surface area contributed by atoms with Crippen molar-refractivity contribution in [1.29, 1.82) is 0 Å². The van der Waals surface area contributed by atoms with Gasteiger partial charge in [0.25, 0.3) is 0 Å². The van der Waals surface area contributed by atoms with Gasteiger partial charge in [-0.05, 0) is 58.6 Å². The molecule has 0 aliphatic rings. The predicted molar refractivity (Wildman–Crippen MR) is 81.1 cm³/mol. The van der Waals surface area contributed by atoms with Crippen LogP contribution in [-0.4, -0.2) is 0 Å². The Morgan fingerprint density at radius 2 is 1.83 bits per heavy atom. The number of nitrogens with two attached hydrogens (primary N) is 1. The highest BCUT2D eigenvalue weighted by molar-refractivity contribution is 9.10. The zero-order valence-corrected chi connectivity index (χ0v) is 12.7. The fourth-order valence-corrected chi connectivity index (χ4v) is 2.42. The number of hydrogen-bond acceptors (Lipinski definition) is 1. The normalized spacial score (nSPS) is 12.5. The molecule has 2 aromatic carbocycles. The van der Waals surface area contributed by atoms with Gasteiger partial charge in [-0.25, -0.2) is 0 Å². The number of rotatable bonds is 2. The molecule has 0 heterocycles. The molecule has 2 N–H and O–H groups in total. The van der Waals surface area contributed by atoms with Crippen LogP contribution < -0.4 is 5.73 Å². The van der Waals surface area contributed by atoms with Crippen molar-refractivity contribution in [2.75, 3.05) is 0 Å². The van der Waals surface area contributed by atoms with Gasteiger partial charge in [0.05, 0.1) is 11.1 Å². The predicted octanol–water partition coefficient (Wildman–Crippen LogP) is 4.77. The van der Waals surface area contributed by atoms with E-state index in [9.17, 15) is 0 Å². The Hall–Kier alpha value is -0.830. The highest BCUT2D eigenvalue weighted by Crippen LogP contribution is 2.29. The molecule has 0 saturated carbocycles. The summed E-state index contributed by atoms with van der Waals surface area (Å²) in [6.45, 7) is 4.15. The number of halogens is 2. The quantitative estimate of drug-likeness (QED) is 0.846. The van der Waals surface area contributed by atoms with Crippen molar-refractivity contribution >= 4 is 27.5 Å². The molecule has 18 heavy (non-hydrogen) atoms. The maximum Gasteiger partial charge on any atom is 0.0554 e. The van der Waals surface area contributed by atoms with Crippen LogP contribution in [0.2, 0.25) is 5.02 Å². The van der Waals surface area contributed by atoms with E-state index in [-0.39, 0.29) is 6.04 Å². The maximum atomic E-state index is 6.33. The van der Waals surface area contributed by atoms with E-state index in [1.165, 1.54) is 11.1 Å². The number of hydrogen-bond donors (Lipinski definition) is 1. The molecule has 0 bridgehead atoms. The van der Waals surface area contributed by atoms with E-state index in [4.69, 9.17) is 17.3 Å². The summed E-state index contributed by atoms with van der Waals surface area (Å²) in [5, 5.41) is 0.688. The fraction of sp³-hybridized carbons (Fsp3) is 0.200. The monoisotopic (exact) mass is 323 g/mol. The van der Waals surface area contributed by atoms with Crippen LogP contribution in [0.3, 0.4) is 0 Å². The molecule has 0 saturated heterocycles. The molecule has 0 fully saturated rings. The van der Waals surface area contributed by atoms with Crippen LogP contribution in [0.4, 0.5) is 0 Å². The van der Waals surface area contributed by atoms with Gasteiger partial charge in [-0.15, -0.1) is 0 Å². The average molecular weight is 325 g/mol. The van der Waals surface area contributed by atoms with E-state index in [0.717, 1.165) is 15.6 Å². The molecule has 0 aliphatic heterocycles. The summed E-state index contributed by atoms with van der Waals surface area (Å²) in [4.78, 5) is 0. The van der Waals surface area contributed by atoms with Crippen molar-refractivity contribution in [3.8, 4) is 0 Å². The second kappa shape index (κ2) is 5.43. The summed E-state index contributed by atoms with van der Waals surface area (Å²) in [6.07, 6.45) is 0. The lowest BCUT2D eigenvalue weighted by atomic mass is 9.94. The molecule has 0 aliphatic carbocycles. The molecule has 0 radical (unpaired) electrons. The second-order valence-electron chi connectivity index (χ2n) is 4.51. The maximum absolute atomic E-state index is 6.33. The molecule has 2 rings (SSSR count). The van der Waals surface area contributed by atoms with Gasteiger partial charge in [-0.2, -0.15) is 0 Å². The van der Waals surface area contributed by atoms with Crippen molar-refractivity contribution in [3.63, 3.8) is 0 Å². The van der Waals surface area contributed by atoms with Crippen LogP contribution in [0, 0.1) is 13.8 Å². The van der Waals surface area contributed by atoms with Crippen molar-refractivity contribution in [1.82, 2.24) is 0 Å². The number of aryl methyl sites for hydroxylation is 2. The SMILES string of the molecule is Cc1ccc(C)c(C(N)c2ccc(Br)c(Cl)c2)c1. The zero-order valence-electron chi connectivity index (χ0n) is 10.4. The van der Waals surface area contributed by atoms with Crippen molar-refractivity contribution < 1.29 is 0 Å². The van der Waals surface area contributed by atoms with E-state index >= 15 is 0 Å². The van der Waals surface area contributed by atoms with E-state index < -0.39 is 0 Å². The molecule has 2 aromatic rings. The average Bonchev–Trinajstić information content (AvgIpc) is 2.35. The molecule has 0 amide bonds. The summed E-state index contributed by atoms with van der Waals surface area (Å²) < 4.78 is 0.890. The summed E-state index contributed by atoms with van der Waals surface area (Å²) in [7, 11) is 0. The molecule has 1 nitrogen and oxygen atoms in total. The first-order valence-electron chi connectivity index (χ1n) is 5.76. The van der Waals surface area contributed by atoms with Crippen molar-refractivity contribution in [2.45, 2.75) is 19.9 Å². The smallest absolute Gasteiger partial charge is 0.0554 e. The molecule has 1 unspecified atom stereocenters.